The van der Waals surface area contributed by atoms with Crippen LogP contribution in [0.5, 0.6) is 5.75 Å². The number of hydrogen-bond donors (Lipinski definition) is 0. The van der Waals surface area contributed by atoms with Crippen LogP contribution in [0.3, 0.4) is 0 Å². The van der Waals surface area contributed by atoms with Crippen LogP contribution in [0.2, 0.25) is 5.02 Å². The molecule has 0 radical (unpaired) electrons. The molecule has 158 valence electrons. The van der Waals surface area contributed by atoms with E-state index in [0.717, 1.165) is 25.0 Å². The highest BCUT2D eigenvalue weighted by atomic mass is 35.5. The SMILES string of the molecule is CCCCCOc1ccc(C(=O)N(Cc2ccco2)Cc2c(F)cccc2Cl)cc1. The molecule has 2 aromatic carbocycles. The molecule has 6 heteroatoms. The number of halogens is 2. The number of hydrogen-bond acceptors (Lipinski definition) is 3. The normalized spacial score (nSPS) is 10.8. The van der Waals surface area contributed by atoms with Gasteiger partial charge < -0.3 is 14.1 Å². The number of ether oxygens (including phenoxy) is 1. The van der Waals surface area contributed by atoms with E-state index in [4.69, 9.17) is 20.8 Å². The summed E-state index contributed by atoms with van der Waals surface area (Å²) in [6, 6.07) is 15.0. The summed E-state index contributed by atoms with van der Waals surface area (Å²) in [5.74, 6) is 0.628. The summed E-state index contributed by atoms with van der Waals surface area (Å²) in [6.45, 7) is 3.02. The molecule has 0 saturated heterocycles. The molecule has 0 N–H and O–H groups in total. The van der Waals surface area contributed by atoms with E-state index in [0.29, 0.717) is 17.9 Å². The zero-order valence-corrected chi connectivity index (χ0v) is 17.7. The topological polar surface area (TPSA) is 42.7 Å². The molecule has 0 bridgehead atoms. The van der Waals surface area contributed by atoms with Crippen LogP contribution in [0, 0.1) is 5.82 Å². The van der Waals surface area contributed by atoms with E-state index in [2.05, 4.69) is 6.92 Å². The van der Waals surface area contributed by atoms with Crippen molar-refractivity contribution in [3.05, 3.63) is 88.6 Å². The first-order chi connectivity index (χ1) is 14.6. The molecule has 0 unspecified atom stereocenters. The molecule has 0 aliphatic heterocycles. The molecule has 0 saturated carbocycles. The van der Waals surface area contributed by atoms with Gasteiger partial charge in [-0.3, -0.25) is 4.79 Å². The summed E-state index contributed by atoms with van der Waals surface area (Å²) in [6.07, 6.45) is 4.79. The van der Waals surface area contributed by atoms with Crippen molar-refractivity contribution in [1.82, 2.24) is 4.90 Å². The third-order valence-corrected chi connectivity index (χ3v) is 5.10. The van der Waals surface area contributed by atoms with Gasteiger partial charge in [-0.1, -0.05) is 37.4 Å². The maximum atomic E-state index is 14.3. The van der Waals surface area contributed by atoms with Crippen LogP contribution < -0.4 is 4.74 Å². The van der Waals surface area contributed by atoms with Gasteiger partial charge in [-0.05, 0) is 55.0 Å². The molecule has 0 fully saturated rings. The minimum Gasteiger partial charge on any atom is -0.494 e. The minimum absolute atomic E-state index is 0.0281. The molecule has 1 amide bonds. The second-order valence-electron chi connectivity index (χ2n) is 7.02. The molecule has 1 aromatic heterocycles. The van der Waals surface area contributed by atoms with Crippen molar-refractivity contribution in [3.8, 4) is 5.75 Å². The molecule has 3 rings (SSSR count). The monoisotopic (exact) mass is 429 g/mol. The maximum Gasteiger partial charge on any atom is 0.254 e. The van der Waals surface area contributed by atoms with Gasteiger partial charge in [-0.15, -0.1) is 0 Å². The quantitative estimate of drug-likeness (QED) is 0.346. The van der Waals surface area contributed by atoms with Crippen molar-refractivity contribution < 1.29 is 18.3 Å². The Kier molecular flexibility index (Phi) is 7.91. The Morgan fingerprint density at radius 2 is 1.87 bits per heavy atom. The number of unbranched alkanes of at least 4 members (excludes halogenated alkanes) is 2. The lowest BCUT2D eigenvalue weighted by Crippen LogP contribution is -2.30. The highest BCUT2D eigenvalue weighted by Gasteiger charge is 2.21. The number of furan rings is 1. The number of carbonyl (C=O) groups is 1. The van der Waals surface area contributed by atoms with E-state index >= 15 is 0 Å². The summed E-state index contributed by atoms with van der Waals surface area (Å²) in [7, 11) is 0. The molecule has 3 aromatic rings. The van der Waals surface area contributed by atoms with Gasteiger partial charge in [0.05, 0.1) is 26.0 Å². The second kappa shape index (κ2) is 10.8. The molecule has 4 nitrogen and oxygen atoms in total. The predicted octanol–water partition coefficient (Wildman–Crippen LogP) is 6.48. The maximum absolute atomic E-state index is 14.3. The third-order valence-electron chi connectivity index (χ3n) is 4.74. The van der Waals surface area contributed by atoms with Crippen LogP contribution >= 0.6 is 11.6 Å². The third kappa shape index (κ3) is 5.86. The fourth-order valence-corrected chi connectivity index (χ4v) is 3.31. The summed E-state index contributed by atoms with van der Waals surface area (Å²) in [4.78, 5) is 14.7. The Hall–Kier alpha value is -2.79. The van der Waals surface area contributed by atoms with Crippen LogP contribution in [-0.4, -0.2) is 17.4 Å². The van der Waals surface area contributed by atoms with Gasteiger partial charge in [-0.25, -0.2) is 4.39 Å². The van der Waals surface area contributed by atoms with E-state index in [9.17, 15) is 9.18 Å². The summed E-state index contributed by atoms with van der Waals surface area (Å²) < 4.78 is 25.4. The molecular weight excluding hydrogens is 405 g/mol. The van der Waals surface area contributed by atoms with Gasteiger partial charge in [0.15, 0.2) is 0 Å². The smallest absolute Gasteiger partial charge is 0.254 e. The summed E-state index contributed by atoms with van der Waals surface area (Å²) >= 11 is 6.18. The predicted molar refractivity (Wildman–Crippen MR) is 115 cm³/mol. The lowest BCUT2D eigenvalue weighted by atomic mass is 10.1. The number of nitrogens with zero attached hydrogens (tertiary/aromatic N) is 1. The Balaban J connectivity index is 1.76. The van der Waals surface area contributed by atoms with E-state index in [1.807, 2.05) is 0 Å². The van der Waals surface area contributed by atoms with E-state index < -0.39 is 5.82 Å². The summed E-state index contributed by atoms with van der Waals surface area (Å²) in [5.41, 5.74) is 0.755. The average molecular weight is 430 g/mol. The molecule has 0 aliphatic carbocycles. The highest BCUT2D eigenvalue weighted by Crippen LogP contribution is 2.23. The Bertz CT molecular complexity index is 921. The van der Waals surface area contributed by atoms with Gasteiger partial charge >= 0.3 is 0 Å². The van der Waals surface area contributed by atoms with E-state index in [1.165, 1.54) is 11.0 Å². The van der Waals surface area contributed by atoms with Crippen molar-refractivity contribution in [2.24, 2.45) is 0 Å². The fraction of sp³-hybridized carbons (Fsp3) is 0.292. The number of rotatable bonds is 10. The Morgan fingerprint density at radius 1 is 1.07 bits per heavy atom. The standard InChI is InChI=1S/C24H25ClFNO3/c1-2-3-4-14-29-19-12-10-18(11-13-19)24(28)27(16-20-7-6-15-30-20)17-21-22(25)8-5-9-23(21)26/h5-13,15H,2-4,14,16-17H2,1H3. The lowest BCUT2D eigenvalue weighted by Gasteiger charge is -2.23. The van der Waals surface area contributed by atoms with Crippen LogP contribution in [0.4, 0.5) is 4.39 Å². The van der Waals surface area contributed by atoms with Crippen molar-refractivity contribution >= 4 is 17.5 Å². The van der Waals surface area contributed by atoms with E-state index in [1.54, 1.807) is 54.8 Å². The van der Waals surface area contributed by atoms with Crippen LogP contribution in [-0.2, 0) is 13.1 Å². The van der Waals surface area contributed by atoms with Crippen LogP contribution in [0.25, 0.3) is 0 Å². The first-order valence-corrected chi connectivity index (χ1v) is 10.4. The first kappa shape index (κ1) is 21.9. The van der Waals surface area contributed by atoms with Crippen molar-refractivity contribution in [3.63, 3.8) is 0 Å². The number of benzene rings is 2. The van der Waals surface area contributed by atoms with Crippen molar-refractivity contribution in [1.29, 1.82) is 0 Å². The van der Waals surface area contributed by atoms with Gasteiger partial charge in [0.1, 0.15) is 17.3 Å². The molecule has 0 spiro atoms. The van der Waals surface area contributed by atoms with Crippen LogP contribution in [0.15, 0.2) is 65.3 Å². The molecule has 0 aliphatic rings. The fourth-order valence-electron chi connectivity index (χ4n) is 3.08. The molecule has 0 atom stereocenters. The molecular formula is C24H25ClFNO3. The Morgan fingerprint density at radius 3 is 2.53 bits per heavy atom. The first-order valence-electron chi connectivity index (χ1n) is 10.1. The van der Waals surface area contributed by atoms with Crippen LogP contribution in [0.1, 0.15) is 47.9 Å². The summed E-state index contributed by atoms with van der Waals surface area (Å²) in [5, 5.41) is 0.281. The van der Waals surface area contributed by atoms with Crippen molar-refractivity contribution in [2.75, 3.05) is 6.61 Å². The molecule has 30 heavy (non-hydrogen) atoms. The largest absolute Gasteiger partial charge is 0.494 e. The van der Waals surface area contributed by atoms with Crippen molar-refractivity contribution in [2.45, 2.75) is 39.3 Å². The number of carbonyl (C=O) groups excluding carboxylic acids is 1. The average Bonchev–Trinajstić information content (AvgIpc) is 3.26. The zero-order chi connectivity index (χ0) is 21.3. The highest BCUT2D eigenvalue weighted by molar-refractivity contribution is 6.31. The molecule has 1 heterocycles. The van der Waals surface area contributed by atoms with Gasteiger partial charge in [0.25, 0.3) is 5.91 Å². The van der Waals surface area contributed by atoms with Gasteiger partial charge in [-0.2, -0.15) is 0 Å². The number of amides is 1. The second-order valence-corrected chi connectivity index (χ2v) is 7.43. The minimum atomic E-state index is -0.449. The van der Waals surface area contributed by atoms with Gasteiger partial charge in [0.2, 0.25) is 0 Å². The Labute approximate surface area is 181 Å². The zero-order valence-electron chi connectivity index (χ0n) is 16.9. The van der Waals surface area contributed by atoms with Gasteiger partial charge in [0, 0.05) is 16.1 Å². The lowest BCUT2D eigenvalue weighted by molar-refractivity contribution is 0.0716. The van der Waals surface area contributed by atoms with E-state index in [-0.39, 0.29) is 29.6 Å².